The Kier molecular flexibility index (Phi) is 5.85. The Bertz CT molecular complexity index is 1020. The van der Waals surface area contributed by atoms with Gasteiger partial charge in [-0.2, -0.15) is 11.8 Å². The quantitative estimate of drug-likeness (QED) is 0.793. The van der Waals surface area contributed by atoms with Gasteiger partial charge in [0.1, 0.15) is 11.4 Å². The number of benzene rings is 1. The van der Waals surface area contributed by atoms with Crippen molar-refractivity contribution >= 4 is 29.3 Å². The molecule has 7 nitrogen and oxygen atoms in total. The van der Waals surface area contributed by atoms with Gasteiger partial charge < -0.3 is 19.5 Å². The van der Waals surface area contributed by atoms with Crippen molar-refractivity contribution in [3.8, 4) is 5.75 Å². The normalized spacial score (nSPS) is 19.7. The molecule has 2 aromatic rings. The molecule has 2 amide bonds. The number of piperidine rings is 1. The zero-order chi connectivity index (χ0) is 21.3. The summed E-state index contributed by atoms with van der Waals surface area (Å²) in [5.41, 5.74) is 1.74. The van der Waals surface area contributed by atoms with Crippen molar-refractivity contribution in [2.24, 2.45) is 5.92 Å². The van der Waals surface area contributed by atoms with Crippen molar-refractivity contribution in [2.75, 3.05) is 37.5 Å². The molecule has 2 atom stereocenters. The minimum atomic E-state index is -0.174. The maximum Gasteiger partial charge on any atom is 0.274 e. The molecular formula is C22H25N3O4S. The molecule has 1 saturated heterocycles. The number of hydrogen-bond donors (Lipinski definition) is 1. The number of ether oxygens (including phenoxy) is 1. The second-order valence-electron chi connectivity index (χ2n) is 7.81. The molecule has 0 unspecified atom stereocenters. The highest BCUT2D eigenvalue weighted by Gasteiger charge is 2.37. The van der Waals surface area contributed by atoms with Gasteiger partial charge in [0.2, 0.25) is 5.91 Å². The summed E-state index contributed by atoms with van der Waals surface area (Å²) < 4.78 is 6.95. The molecule has 4 rings (SSSR count). The minimum absolute atomic E-state index is 0.00380. The van der Waals surface area contributed by atoms with Crippen molar-refractivity contribution in [3.63, 3.8) is 0 Å². The number of anilines is 1. The van der Waals surface area contributed by atoms with E-state index in [1.165, 1.54) is 11.8 Å². The molecule has 8 heteroatoms. The smallest absolute Gasteiger partial charge is 0.274 e. The Hall–Kier alpha value is -2.74. The number of thioether (sulfide) groups is 1. The molecule has 0 spiro atoms. The predicted octanol–water partition coefficient (Wildman–Crippen LogP) is 2.42. The van der Waals surface area contributed by atoms with Gasteiger partial charge in [0, 0.05) is 36.8 Å². The van der Waals surface area contributed by atoms with E-state index >= 15 is 0 Å². The number of carbonyl (C=O) groups excluding carboxylic acids is 2. The van der Waals surface area contributed by atoms with E-state index in [1.807, 2.05) is 17.2 Å². The van der Waals surface area contributed by atoms with E-state index in [4.69, 9.17) is 4.74 Å². The van der Waals surface area contributed by atoms with Crippen LogP contribution in [-0.2, 0) is 11.3 Å². The Balaban J connectivity index is 1.54. The van der Waals surface area contributed by atoms with Crippen LogP contribution >= 0.6 is 11.8 Å². The van der Waals surface area contributed by atoms with Crippen molar-refractivity contribution in [1.29, 1.82) is 0 Å². The minimum Gasteiger partial charge on any atom is -0.497 e. The monoisotopic (exact) mass is 427 g/mol. The molecule has 0 radical (unpaired) electrons. The SMILES string of the molecule is COc1ccc(C(=O)N2C[C@H]3C[C@H](C2)c2ccc(NC(=O)CSC)c(=O)n2C3)cc1. The van der Waals surface area contributed by atoms with Crippen molar-refractivity contribution in [3.05, 3.63) is 58.0 Å². The van der Waals surface area contributed by atoms with Gasteiger partial charge in [-0.1, -0.05) is 0 Å². The highest BCUT2D eigenvalue weighted by Crippen LogP contribution is 2.36. The largest absolute Gasteiger partial charge is 0.497 e. The Morgan fingerprint density at radius 1 is 1.13 bits per heavy atom. The summed E-state index contributed by atoms with van der Waals surface area (Å²) in [6.45, 7) is 1.76. The third-order valence-corrected chi connectivity index (χ3v) is 6.33. The number of methoxy groups -OCH3 is 1. The van der Waals surface area contributed by atoms with Crippen LogP contribution < -0.4 is 15.6 Å². The van der Waals surface area contributed by atoms with Gasteiger partial charge in [0.05, 0.1) is 12.9 Å². The number of fused-ring (bicyclic) bond motifs is 4. The molecule has 3 heterocycles. The summed E-state index contributed by atoms with van der Waals surface area (Å²) in [6, 6.07) is 10.8. The van der Waals surface area contributed by atoms with E-state index in [9.17, 15) is 14.4 Å². The van der Waals surface area contributed by atoms with Gasteiger partial charge in [-0.15, -0.1) is 0 Å². The summed E-state index contributed by atoms with van der Waals surface area (Å²) in [4.78, 5) is 39.7. The van der Waals surface area contributed by atoms with Gasteiger partial charge in [0.15, 0.2) is 0 Å². The maximum atomic E-state index is 13.0. The van der Waals surface area contributed by atoms with Crippen LogP contribution in [-0.4, -0.2) is 53.5 Å². The van der Waals surface area contributed by atoms with Crippen LogP contribution in [0.25, 0.3) is 0 Å². The van der Waals surface area contributed by atoms with Crippen LogP contribution in [0.1, 0.15) is 28.4 Å². The van der Waals surface area contributed by atoms with Crippen molar-refractivity contribution in [1.82, 2.24) is 9.47 Å². The first-order valence-corrected chi connectivity index (χ1v) is 11.4. The highest BCUT2D eigenvalue weighted by atomic mass is 32.2. The third kappa shape index (κ3) is 3.96. The van der Waals surface area contributed by atoms with Crippen molar-refractivity contribution in [2.45, 2.75) is 18.9 Å². The third-order valence-electron chi connectivity index (χ3n) is 5.78. The van der Waals surface area contributed by atoms with Gasteiger partial charge >= 0.3 is 0 Å². The number of pyridine rings is 1. The van der Waals surface area contributed by atoms with E-state index in [-0.39, 0.29) is 29.2 Å². The average Bonchev–Trinajstić information content (AvgIpc) is 2.75. The molecule has 2 bridgehead atoms. The lowest BCUT2D eigenvalue weighted by molar-refractivity contribution is -0.113. The molecule has 1 aromatic heterocycles. The Morgan fingerprint density at radius 3 is 2.60 bits per heavy atom. The van der Waals surface area contributed by atoms with Gasteiger partial charge in [-0.25, -0.2) is 0 Å². The molecular weight excluding hydrogens is 402 g/mol. The number of rotatable bonds is 5. The lowest BCUT2D eigenvalue weighted by atomic mass is 9.83. The first-order valence-electron chi connectivity index (χ1n) is 9.96. The van der Waals surface area contributed by atoms with Gasteiger partial charge in [0.25, 0.3) is 11.5 Å². The molecule has 1 N–H and O–H groups in total. The fourth-order valence-electron chi connectivity index (χ4n) is 4.44. The summed E-state index contributed by atoms with van der Waals surface area (Å²) in [5, 5.41) is 2.72. The lowest BCUT2D eigenvalue weighted by Crippen LogP contribution is -2.49. The summed E-state index contributed by atoms with van der Waals surface area (Å²) in [6.07, 6.45) is 2.81. The first kappa shape index (κ1) is 20.5. The molecule has 158 valence electrons. The summed E-state index contributed by atoms with van der Waals surface area (Å²) in [5.74, 6) is 1.19. The van der Waals surface area contributed by atoms with E-state index in [2.05, 4.69) is 5.32 Å². The van der Waals surface area contributed by atoms with Crippen LogP contribution in [0.5, 0.6) is 5.75 Å². The second kappa shape index (κ2) is 8.55. The number of likely N-dealkylation sites (tertiary alicyclic amines) is 1. The van der Waals surface area contributed by atoms with Gasteiger partial charge in [-0.05, 0) is 55.0 Å². The Morgan fingerprint density at radius 2 is 1.90 bits per heavy atom. The number of aromatic nitrogens is 1. The van der Waals surface area contributed by atoms with E-state index in [0.717, 1.165) is 17.9 Å². The van der Waals surface area contributed by atoms with Crippen LogP contribution in [0.2, 0.25) is 0 Å². The predicted molar refractivity (Wildman–Crippen MR) is 117 cm³/mol. The first-order chi connectivity index (χ1) is 14.5. The molecule has 0 aliphatic carbocycles. The van der Waals surface area contributed by atoms with Crippen LogP contribution in [0.15, 0.2) is 41.2 Å². The van der Waals surface area contributed by atoms with Crippen LogP contribution in [0.4, 0.5) is 5.69 Å². The Labute approximate surface area is 179 Å². The zero-order valence-electron chi connectivity index (χ0n) is 17.1. The molecule has 30 heavy (non-hydrogen) atoms. The molecule has 2 aliphatic heterocycles. The number of amides is 2. The van der Waals surface area contributed by atoms with Crippen LogP contribution in [0, 0.1) is 5.92 Å². The fraction of sp³-hybridized carbons (Fsp3) is 0.409. The van der Waals surface area contributed by atoms with E-state index in [1.54, 1.807) is 42.0 Å². The molecule has 2 aliphatic rings. The molecule has 1 fully saturated rings. The summed E-state index contributed by atoms with van der Waals surface area (Å²) >= 11 is 1.41. The standard InChI is InChI=1S/C22H25N3O4S/c1-29-17-5-3-15(4-6-17)21(27)24-10-14-9-16(12-24)19-8-7-18(22(28)25(19)11-14)23-20(26)13-30-2/h3-8,14,16H,9-13H2,1-2H3,(H,23,26)/t14-,16-/m1/s1. The number of nitrogens with zero attached hydrogens (tertiary/aromatic N) is 2. The summed E-state index contributed by atoms with van der Waals surface area (Å²) in [7, 11) is 1.60. The number of nitrogens with one attached hydrogen (secondary N) is 1. The van der Waals surface area contributed by atoms with E-state index in [0.29, 0.717) is 36.6 Å². The number of carbonyl (C=O) groups is 2. The zero-order valence-corrected chi connectivity index (χ0v) is 17.9. The van der Waals surface area contributed by atoms with Crippen LogP contribution in [0.3, 0.4) is 0 Å². The fourth-order valence-corrected chi connectivity index (χ4v) is 4.77. The molecule has 0 saturated carbocycles. The number of hydrogen-bond acceptors (Lipinski definition) is 5. The second-order valence-corrected chi connectivity index (χ2v) is 8.67. The van der Waals surface area contributed by atoms with E-state index < -0.39 is 0 Å². The van der Waals surface area contributed by atoms with Crippen molar-refractivity contribution < 1.29 is 14.3 Å². The lowest BCUT2D eigenvalue weighted by Gasteiger charge is -2.43. The van der Waals surface area contributed by atoms with Gasteiger partial charge in [-0.3, -0.25) is 14.4 Å². The topological polar surface area (TPSA) is 80.6 Å². The maximum absolute atomic E-state index is 13.0. The molecule has 1 aromatic carbocycles. The average molecular weight is 428 g/mol. The highest BCUT2D eigenvalue weighted by molar-refractivity contribution is 7.99.